The summed E-state index contributed by atoms with van der Waals surface area (Å²) < 4.78 is 18.5. The Bertz CT molecular complexity index is 1160. The van der Waals surface area contributed by atoms with E-state index in [2.05, 4.69) is 4.98 Å². The van der Waals surface area contributed by atoms with E-state index in [-0.39, 0.29) is 17.9 Å². The van der Waals surface area contributed by atoms with E-state index in [4.69, 9.17) is 4.74 Å². The summed E-state index contributed by atoms with van der Waals surface area (Å²) in [6.45, 7) is 0.0761. The molecule has 1 fully saturated rings. The highest BCUT2D eigenvalue weighted by molar-refractivity contribution is 6.46. The Morgan fingerprint density at radius 1 is 1.10 bits per heavy atom. The molecule has 1 N–H and O–H groups in total. The number of hydrogen-bond donors (Lipinski definition) is 1. The quantitative estimate of drug-likeness (QED) is 0.387. The van der Waals surface area contributed by atoms with Crippen molar-refractivity contribution in [2.24, 2.45) is 0 Å². The zero-order chi connectivity index (χ0) is 22.0. The molecule has 2 aromatic carbocycles. The number of carbonyl (C=O) groups excluding carboxylic acids is 2. The summed E-state index contributed by atoms with van der Waals surface area (Å²) in [5.41, 5.74) is 1.62. The predicted octanol–water partition coefficient (Wildman–Crippen LogP) is 3.85. The Labute approximate surface area is 178 Å². The van der Waals surface area contributed by atoms with Crippen LogP contribution in [0.4, 0.5) is 4.39 Å². The lowest BCUT2D eigenvalue weighted by atomic mass is 9.95. The Morgan fingerprint density at radius 2 is 1.81 bits per heavy atom. The van der Waals surface area contributed by atoms with Crippen LogP contribution < -0.4 is 4.74 Å². The van der Waals surface area contributed by atoms with Crippen LogP contribution in [0.2, 0.25) is 0 Å². The second kappa shape index (κ2) is 8.39. The summed E-state index contributed by atoms with van der Waals surface area (Å²) in [7, 11) is 1.50. The predicted molar refractivity (Wildman–Crippen MR) is 111 cm³/mol. The van der Waals surface area contributed by atoms with Crippen LogP contribution in [0.1, 0.15) is 22.7 Å². The maximum atomic E-state index is 13.3. The van der Waals surface area contributed by atoms with E-state index in [1.165, 1.54) is 24.1 Å². The minimum absolute atomic E-state index is 0.0217. The maximum absolute atomic E-state index is 13.3. The third-order valence-corrected chi connectivity index (χ3v) is 5.17. The fraction of sp³-hybridized carbons (Fsp3) is 0.125. The fourth-order valence-corrected chi connectivity index (χ4v) is 3.65. The summed E-state index contributed by atoms with van der Waals surface area (Å²) in [6.07, 6.45) is 3.11. The van der Waals surface area contributed by atoms with Crippen LogP contribution >= 0.6 is 0 Å². The Morgan fingerprint density at radius 3 is 2.48 bits per heavy atom. The second-order valence-corrected chi connectivity index (χ2v) is 7.07. The summed E-state index contributed by atoms with van der Waals surface area (Å²) in [6, 6.07) is 14.9. The first-order valence-corrected chi connectivity index (χ1v) is 9.57. The van der Waals surface area contributed by atoms with Gasteiger partial charge in [-0.3, -0.25) is 14.6 Å². The molecule has 0 saturated carbocycles. The number of aliphatic hydroxyl groups is 1. The molecular formula is C24H19FN2O4. The summed E-state index contributed by atoms with van der Waals surface area (Å²) in [5.74, 6) is -1.71. The maximum Gasteiger partial charge on any atom is 0.295 e. The molecule has 2 heterocycles. The number of aliphatic hydroxyl groups excluding tert-OH is 1. The molecule has 0 bridgehead atoms. The molecule has 6 nitrogen and oxygen atoms in total. The molecule has 1 unspecified atom stereocenters. The number of nitrogens with zero attached hydrogens (tertiary/aromatic N) is 2. The van der Waals surface area contributed by atoms with E-state index in [0.29, 0.717) is 22.4 Å². The van der Waals surface area contributed by atoms with Crippen LogP contribution in [-0.4, -0.2) is 33.8 Å². The van der Waals surface area contributed by atoms with E-state index >= 15 is 0 Å². The Kier molecular flexibility index (Phi) is 5.49. The summed E-state index contributed by atoms with van der Waals surface area (Å²) in [5, 5.41) is 11.0. The topological polar surface area (TPSA) is 79.7 Å². The van der Waals surface area contributed by atoms with E-state index < -0.39 is 23.5 Å². The zero-order valence-electron chi connectivity index (χ0n) is 16.7. The van der Waals surface area contributed by atoms with Gasteiger partial charge >= 0.3 is 0 Å². The minimum Gasteiger partial charge on any atom is -0.507 e. The molecule has 1 atom stereocenters. The number of halogens is 1. The third kappa shape index (κ3) is 3.90. The number of aromatic nitrogens is 1. The van der Waals surface area contributed by atoms with Gasteiger partial charge in [0.1, 0.15) is 17.3 Å². The molecule has 1 saturated heterocycles. The summed E-state index contributed by atoms with van der Waals surface area (Å²) >= 11 is 0. The molecule has 3 aromatic rings. The van der Waals surface area contributed by atoms with Gasteiger partial charge < -0.3 is 14.7 Å². The van der Waals surface area contributed by atoms with Crippen LogP contribution in [0.15, 0.2) is 78.6 Å². The highest BCUT2D eigenvalue weighted by Gasteiger charge is 2.46. The minimum atomic E-state index is -0.820. The van der Waals surface area contributed by atoms with Crippen molar-refractivity contribution in [1.29, 1.82) is 0 Å². The molecule has 0 aliphatic carbocycles. The number of Topliss-reactive ketones (excluding diaryl/α,β-unsaturated/α-hetero) is 1. The van der Waals surface area contributed by atoms with Crippen molar-refractivity contribution < 1.29 is 23.8 Å². The third-order valence-electron chi connectivity index (χ3n) is 5.17. The average Bonchev–Trinajstić information content (AvgIpc) is 3.05. The molecule has 1 amide bonds. The van der Waals surface area contributed by atoms with Crippen LogP contribution in [-0.2, 0) is 16.1 Å². The SMILES string of the molecule is COc1cccc(/C(O)=C2/C(=O)C(=O)N(Cc3ccc(F)cc3)C2c2ccncc2)c1. The van der Waals surface area contributed by atoms with Crippen LogP contribution in [0.5, 0.6) is 5.75 Å². The summed E-state index contributed by atoms with van der Waals surface area (Å²) in [4.78, 5) is 31.3. The number of pyridine rings is 1. The van der Waals surface area contributed by atoms with Gasteiger partial charge in [0, 0.05) is 24.5 Å². The molecule has 0 spiro atoms. The molecule has 1 aromatic heterocycles. The number of carbonyl (C=O) groups is 2. The number of ketones is 1. The standard InChI is InChI=1S/C24H19FN2O4/c1-31-19-4-2-3-17(13-19)22(28)20-21(16-9-11-26-12-10-16)27(24(30)23(20)29)14-15-5-7-18(25)8-6-15/h2-13,21,28H,14H2,1H3/b22-20-. The van der Waals surface area contributed by atoms with Crippen molar-refractivity contribution >= 4 is 17.4 Å². The van der Waals surface area contributed by atoms with Gasteiger partial charge in [0.2, 0.25) is 0 Å². The largest absolute Gasteiger partial charge is 0.507 e. The lowest BCUT2D eigenvalue weighted by Crippen LogP contribution is -2.29. The fourth-order valence-electron chi connectivity index (χ4n) is 3.65. The number of benzene rings is 2. The van der Waals surface area contributed by atoms with Gasteiger partial charge in [0.15, 0.2) is 0 Å². The number of amides is 1. The van der Waals surface area contributed by atoms with Crippen molar-refractivity contribution in [2.75, 3.05) is 7.11 Å². The first-order valence-electron chi connectivity index (χ1n) is 9.57. The molecular weight excluding hydrogens is 399 g/mol. The molecule has 156 valence electrons. The van der Waals surface area contributed by atoms with Gasteiger partial charge in [-0.25, -0.2) is 4.39 Å². The molecule has 1 aliphatic rings. The van der Waals surface area contributed by atoms with Gasteiger partial charge in [-0.2, -0.15) is 0 Å². The molecule has 4 rings (SSSR count). The smallest absolute Gasteiger partial charge is 0.295 e. The number of rotatable bonds is 5. The second-order valence-electron chi connectivity index (χ2n) is 7.07. The number of likely N-dealkylation sites (tertiary alicyclic amines) is 1. The number of methoxy groups -OCH3 is 1. The Balaban J connectivity index is 1.84. The molecule has 7 heteroatoms. The van der Waals surface area contributed by atoms with Crippen LogP contribution in [0.25, 0.3) is 5.76 Å². The highest BCUT2D eigenvalue weighted by Crippen LogP contribution is 2.40. The van der Waals surface area contributed by atoms with Crippen molar-refractivity contribution in [3.63, 3.8) is 0 Å². The van der Waals surface area contributed by atoms with Crippen molar-refractivity contribution in [3.05, 3.63) is 101 Å². The van der Waals surface area contributed by atoms with Crippen molar-refractivity contribution in [3.8, 4) is 5.75 Å². The van der Waals surface area contributed by atoms with Crippen LogP contribution in [0, 0.1) is 5.82 Å². The monoisotopic (exact) mass is 418 g/mol. The number of hydrogen-bond acceptors (Lipinski definition) is 5. The van der Waals surface area contributed by atoms with E-state index in [0.717, 1.165) is 0 Å². The zero-order valence-corrected chi connectivity index (χ0v) is 16.7. The van der Waals surface area contributed by atoms with E-state index in [9.17, 15) is 19.1 Å². The lowest BCUT2D eigenvalue weighted by Gasteiger charge is -2.25. The van der Waals surface area contributed by atoms with Gasteiger partial charge in [-0.05, 0) is 47.5 Å². The lowest BCUT2D eigenvalue weighted by molar-refractivity contribution is -0.140. The molecule has 0 radical (unpaired) electrons. The van der Waals surface area contributed by atoms with Gasteiger partial charge in [-0.15, -0.1) is 0 Å². The molecule has 1 aliphatic heterocycles. The van der Waals surface area contributed by atoms with Gasteiger partial charge in [-0.1, -0.05) is 24.3 Å². The molecule has 31 heavy (non-hydrogen) atoms. The van der Waals surface area contributed by atoms with Crippen LogP contribution in [0.3, 0.4) is 0 Å². The first-order chi connectivity index (χ1) is 15.0. The van der Waals surface area contributed by atoms with E-state index in [1.54, 1.807) is 60.9 Å². The Hall–Kier alpha value is -4.00. The normalized spacial score (nSPS) is 17.7. The average molecular weight is 418 g/mol. The van der Waals surface area contributed by atoms with Crippen molar-refractivity contribution in [2.45, 2.75) is 12.6 Å². The number of ether oxygens (including phenoxy) is 1. The van der Waals surface area contributed by atoms with Gasteiger partial charge in [0.05, 0.1) is 18.7 Å². The van der Waals surface area contributed by atoms with Gasteiger partial charge in [0.25, 0.3) is 11.7 Å². The first kappa shape index (κ1) is 20.3. The van der Waals surface area contributed by atoms with E-state index in [1.807, 2.05) is 0 Å². The highest BCUT2D eigenvalue weighted by atomic mass is 19.1. The van der Waals surface area contributed by atoms with Crippen molar-refractivity contribution in [1.82, 2.24) is 9.88 Å².